The number of aliphatic hydroxyl groups is 2. The third-order valence-corrected chi connectivity index (χ3v) is 13.1. The molecular formula is C37H54N2O8. The zero-order valence-corrected chi connectivity index (χ0v) is 28.4. The van der Waals surface area contributed by atoms with Gasteiger partial charge in [-0.3, -0.25) is 9.59 Å². The Balaban J connectivity index is 1.13. The van der Waals surface area contributed by atoms with Crippen molar-refractivity contribution >= 4 is 29.4 Å². The first-order valence-corrected chi connectivity index (χ1v) is 17.6. The van der Waals surface area contributed by atoms with Crippen molar-refractivity contribution in [2.45, 2.75) is 116 Å². The highest BCUT2D eigenvalue weighted by Gasteiger charge is 2.62. The fraction of sp³-hybridized carbons (Fsp3) is 0.730. The number of methoxy groups -OCH3 is 1. The fourth-order valence-corrected chi connectivity index (χ4v) is 10.6. The zero-order chi connectivity index (χ0) is 34.1. The Morgan fingerprint density at radius 1 is 0.915 bits per heavy atom. The summed E-state index contributed by atoms with van der Waals surface area (Å²) in [4.78, 5) is 49.5. The number of benzene rings is 1. The summed E-state index contributed by atoms with van der Waals surface area (Å²) in [5, 5.41) is 36.9. The van der Waals surface area contributed by atoms with Crippen molar-refractivity contribution < 1.29 is 39.2 Å². The molecule has 2 amide bonds. The van der Waals surface area contributed by atoms with Gasteiger partial charge in [-0.05, 0) is 123 Å². The molecule has 0 saturated heterocycles. The standard InChI is InChI=1S/C37H54N2O8/c1-21(9-13-31(42)39-29(34(44)45)12-14-32(43)38-28-8-6-5-7-24(28)35(46)47-4)25-10-11-26-33-27(16-18-37(25,26)3)36(2)17-15-23(40)19-22(36)20-30(33)41/h5-8,21-23,25-27,29-30,33,40-41H,9-20H2,1-4H3,(H,38,43)(H,39,42)(H,44,45)/t21-,22-,23-,25-,26+,27+,29+,30-,33+,36+,37-/m1/s1. The monoisotopic (exact) mass is 654 g/mol. The number of ether oxygens (including phenoxy) is 1. The van der Waals surface area contributed by atoms with Crippen molar-refractivity contribution in [2.24, 2.45) is 46.3 Å². The maximum absolute atomic E-state index is 13.0. The van der Waals surface area contributed by atoms with Crippen LogP contribution in [0.4, 0.5) is 5.69 Å². The maximum Gasteiger partial charge on any atom is 0.339 e. The minimum absolute atomic E-state index is 0.0884. The molecule has 5 rings (SSSR count). The van der Waals surface area contributed by atoms with Crippen molar-refractivity contribution in [2.75, 3.05) is 12.4 Å². The van der Waals surface area contributed by atoms with Gasteiger partial charge in [-0.25, -0.2) is 9.59 Å². The van der Waals surface area contributed by atoms with Gasteiger partial charge in [0, 0.05) is 12.8 Å². The van der Waals surface area contributed by atoms with Gasteiger partial charge in [0.25, 0.3) is 0 Å². The first-order chi connectivity index (χ1) is 22.3. The molecule has 4 saturated carbocycles. The van der Waals surface area contributed by atoms with E-state index in [9.17, 15) is 34.5 Å². The molecule has 4 fully saturated rings. The molecular weight excluding hydrogens is 600 g/mol. The predicted octanol–water partition coefficient (Wildman–Crippen LogP) is 5.17. The van der Waals surface area contributed by atoms with Crippen molar-refractivity contribution in [3.8, 4) is 0 Å². The molecule has 0 radical (unpaired) electrons. The summed E-state index contributed by atoms with van der Waals surface area (Å²) in [5.74, 6) is -0.310. The van der Waals surface area contributed by atoms with Crippen LogP contribution < -0.4 is 10.6 Å². The minimum atomic E-state index is -1.21. The lowest BCUT2D eigenvalue weighted by molar-refractivity contribution is -0.174. The maximum atomic E-state index is 13.0. The number of carboxylic acids is 1. The van der Waals surface area contributed by atoms with E-state index in [1.54, 1.807) is 18.2 Å². The number of para-hydroxylation sites is 1. The summed E-state index contributed by atoms with van der Waals surface area (Å²) in [7, 11) is 1.25. The van der Waals surface area contributed by atoms with Gasteiger partial charge >= 0.3 is 11.9 Å². The predicted molar refractivity (Wildman–Crippen MR) is 176 cm³/mol. The second-order valence-electron chi connectivity index (χ2n) is 15.6. The van der Waals surface area contributed by atoms with Crippen molar-refractivity contribution in [1.29, 1.82) is 0 Å². The average Bonchev–Trinajstić information content (AvgIpc) is 3.39. The van der Waals surface area contributed by atoms with E-state index < -0.39 is 23.9 Å². The number of carbonyl (C=O) groups is 4. The summed E-state index contributed by atoms with van der Waals surface area (Å²) < 4.78 is 4.75. The molecule has 1 aromatic rings. The van der Waals surface area contributed by atoms with Crippen LogP contribution in [0.25, 0.3) is 0 Å². The molecule has 0 aromatic heterocycles. The van der Waals surface area contributed by atoms with E-state index in [0.29, 0.717) is 30.1 Å². The van der Waals surface area contributed by atoms with E-state index >= 15 is 0 Å². The Kier molecular flexibility index (Phi) is 10.7. The van der Waals surface area contributed by atoms with Crippen LogP contribution in [0.15, 0.2) is 24.3 Å². The van der Waals surface area contributed by atoms with Gasteiger partial charge in [-0.15, -0.1) is 0 Å². The van der Waals surface area contributed by atoms with Crippen LogP contribution in [0.3, 0.4) is 0 Å². The van der Waals surface area contributed by atoms with Crippen molar-refractivity contribution in [3.05, 3.63) is 29.8 Å². The van der Waals surface area contributed by atoms with E-state index in [0.717, 1.165) is 51.4 Å². The number of fused-ring (bicyclic) bond motifs is 5. The fourth-order valence-electron chi connectivity index (χ4n) is 10.6. The average molecular weight is 655 g/mol. The van der Waals surface area contributed by atoms with Gasteiger partial charge < -0.3 is 30.7 Å². The molecule has 5 N–H and O–H groups in total. The molecule has 0 heterocycles. The van der Waals surface area contributed by atoms with Crippen LogP contribution in [-0.2, 0) is 19.1 Å². The van der Waals surface area contributed by atoms with Gasteiger partial charge in [0.05, 0.1) is 30.6 Å². The van der Waals surface area contributed by atoms with Crippen LogP contribution >= 0.6 is 0 Å². The smallest absolute Gasteiger partial charge is 0.339 e. The molecule has 0 unspecified atom stereocenters. The largest absolute Gasteiger partial charge is 0.480 e. The molecule has 1 aromatic carbocycles. The van der Waals surface area contributed by atoms with Crippen molar-refractivity contribution in [1.82, 2.24) is 5.32 Å². The SMILES string of the molecule is COC(=O)c1ccccc1NC(=O)CC[C@H](NC(=O)CC[C@@H](C)[C@H]1CC[C@H]2[C@@H]3[C@H](O)C[C@H]4C[C@H](O)CC[C@]4(C)[C@H]3CC[C@]12C)C(=O)O. The van der Waals surface area contributed by atoms with E-state index in [1.807, 2.05) is 0 Å². The van der Waals surface area contributed by atoms with Gasteiger partial charge in [0.1, 0.15) is 6.04 Å². The number of carbonyl (C=O) groups excluding carboxylic acids is 3. The van der Waals surface area contributed by atoms with Crippen LogP contribution in [0, 0.1) is 46.3 Å². The quantitative estimate of drug-likeness (QED) is 0.204. The Hall–Kier alpha value is -2.98. The first kappa shape index (κ1) is 35.3. The molecule has 0 aliphatic heterocycles. The van der Waals surface area contributed by atoms with Crippen LogP contribution in [0.2, 0.25) is 0 Å². The Bertz CT molecular complexity index is 1330. The minimum Gasteiger partial charge on any atom is -0.480 e. The number of rotatable bonds is 11. The van der Waals surface area contributed by atoms with Gasteiger partial charge in [-0.1, -0.05) is 32.9 Å². The molecule has 47 heavy (non-hydrogen) atoms. The topological polar surface area (TPSA) is 162 Å². The van der Waals surface area contributed by atoms with E-state index in [1.165, 1.54) is 13.2 Å². The number of hydrogen-bond donors (Lipinski definition) is 5. The lowest BCUT2D eigenvalue weighted by atomic mass is 9.43. The number of hydrogen-bond acceptors (Lipinski definition) is 7. The van der Waals surface area contributed by atoms with Crippen LogP contribution in [-0.4, -0.2) is 64.4 Å². The third-order valence-electron chi connectivity index (χ3n) is 13.1. The Labute approximate surface area is 278 Å². The number of aliphatic hydroxyl groups excluding tert-OH is 2. The molecule has 10 nitrogen and oxygen atoms in total. The highest BCUT2D eigenvalue weighted by Crippen LogP contribution is 2.68. The van der Waals surface area contributed by atoms with Crippen molar-refractivity contribution in [3.63, 3.8) is 0 Å². The molecule has 0 spiro atoms. The number of amides is 2. The normalized spacial score (nSPS) is 35.7. The number of esters is 1. The number of anilines is 1. The molecule has 4 aliphatic rings. The molecule has 260 valence electrons. The summed E-state index contributed by atoms with van der Waals surface area (Å²) in [6, 6.07) is 5.20. The molecule has 11 atom stereocenters. The highest BCUT2D eigenvalue weighted by molar-refractivity contribution is 6.01. The molecule has 0 bridgehead atoms. The van der Waals surface area contributed by atoms with E-state index in [-0.39, 0.29) is 71.3 Å². The second kappa shape index (κ2) is 14.2. The van der Waals surface area contributed by atoms with E-state index in [4.69, 9.17) is 4.74 Å². The molecule has 4 aliphatic carbocycles. The summed E-state index contributed by atoms with van der Waals surface area (Å²) in [6.45, 7) is 7.04. The third kappa shape index (κ3) is 7.09. The number of aliphatic carboxylic acids is 1. The lowest BCUT2D eigenvalue weighted by Gasteiger charge is -2.62. The Morgan fingerprint density at radius 2 is 1.60 bits per heavy atom. The summed E-state index contributed by atoms with van der Waals surface area (Å²) >= 11 is 0. The number of carboxylic acid groups (broad SMARTS) is 1. The van der Waals surface area contributed by atoms with Crippen LogP contribution in [0.5, 0.6) is 0 Å². The van der Waals surface area contributed by atoms with Gasteiger partial charge in [0.15, 0.2) is 0 Å². The van der Waals surface area contributed by atoms with Gasteiger partial charge in [0.2, 0.25) is 11.8 Å². The highest BCUT2D eigenvalue weighted by atomic mass is 16.5. The summed E-state index contributed by atoms with van der Waals surface area (Å²) in [6.07, 6.45) is 7.91. The lowest BCUT2D eigenvalue weighted by Crippen LogP contribution is -2.58. The zero-order valence-electron chi connectivity index (χ0n) is 28.4. The van der Waals surface area contributed by atoms with Crippen LogP contribution in [0.1, 0.15) is 108 Å². The molecule has 10 heteroatoms. The first-order valence-electron chi connectivity index (χ1n) is 17.6. The second-order valence-corrected chi connectivity index (χ2v) is 15.6. The van der Waals surface area contributed by atoms with E-state index in [2.05, 4.69) is 31.4 Å². The van der Waals surface area contributed by atoms with Gasteiger partial charge in [-0.2, -0.15) is 0 Å². The Morgan fingerprint density at radius 3 is 2.32 bits per heavy atom. The summed E-state index contributed by atoms with van der Waals surface area (Å²) in [5.41, 5.74) is 0.745. The number of nitrogens with one attached hydrogen (secondary N) is 2.